The molecule has 8 nitrogen and oxygen atoms in total. The Morgan fingerprint density at radius 2 is 1.67 bits per heavy atom. The zero-order chi connectivity index (χ0) is 21.5. The number of hydrogen-bond donors (Lipinski definition) is 1. The third-order valence-corrected chi connectivity index (χ3v) is 4.68. The lowest BCUT2D eigenvalue weighted by atomic mass is 10.1. The van der Waals surface area contributed by atoms with Crippen molar-refractivity contribution in [3.05, 3.63) is 59.7 Å². The summed E-state index contributed by atoms with van der Waals surface area (Å²) in [5.74, 6) is -0.841. The van der Waals surface area contributed by atoms with Crippen LogP contribution in [0.2, 0.25) is 0 Å². The molecular weight excluding hydrogens is 388 g/mol. The third-order valence-electron chi connectivity index (χ3n) is 4.68. The summed E-state index contributed by atoms with van der Waals surface area (Å²) in [5.41, 5.74) is 1.49. The maximum absolute atomic E-state index is 12.2. The van der Waals surface area contributed by atoms with Gasteiger partial charge < -0.3 is 19.7 Å². The lowest BCUT2D eigenvalue weighted by molar-refractivity contribution is -0.141. The van der Waals surface area contributed by atoms with Crippen LogP contribution in [0.15, 0.2) is 48.5 Å². The van der Waals surface area contributed by atoms with E-state index in [1.807, 2.05) is 0 Å². The van der Waals surface area contributed by atoms with Crippen LogP contribution in [-0.4, -0.2) is 50.4 Å². The van der Waals surface area contributed by atoms with Gasteiger partial charge >= 0.3 is 5.97 Å². The molecule has 0 aliphatic carbocycles. The van der Waals surface area contributed by atoms with Crippen molar-refractivity contribution in [2.75, 3.05) is 31.7 Å². The maximum atomic E-state index is 12.2. The molecule has 0 radical (unpaired) electrons. The van der Waals surface area contributed by atoms with Gasteiger partial charge in [0.1, 0.15) is 12.3 Å². The van der Waals surface area contributed by atoms with E-state index in [1.54, 1.807) is 53.4 Å². The van der Waals surface area contributed by atoms with Crippen molar-refractivity contribution in [2.24, 2.45) is 0 Å². The van der Waals surface area contributed by atoms with E-state index in [9.17, 15) is 19.2 Å². The Morgan fingerprint density at radius 3 is 2.27 bits per heavy atom. The number of ketones is 1. The lowest BCUT2D eigenvalue weighted by Crippen LogP contribution is -2.31. The molecule has 0 atom stereocenters. The Balaban J connectivity index is 1.44. The monoisotopic (exact) mass is 410 g/mol. The molecule has 0 unspecified atom stereocenters. The number of carbonyl (C=O) groups is 4. The number of anilines is 1. The smallest absolute Gasteiger partial charge is 0.325 e. The zero-order valence-electron chi connectivity index (χ0n) is 16.6. The van der Waals surface area contributed by atoms with Gasteiger partial charge in [-0.3, -0.25) is 19.2 Å². The third kappa shape index (κ3) is 5.22. The topological polar surface area (TPSA) is 102 Å². The second-order valence-corrected chi connectivity index (χ2v) is 6.69. The second kappa shape index (κ2) is 9.69. The molecule has 156 valence electrons. The van der Waals surface area contributed by atoms with E-state index in [1.165, 1.54) is 7.11 Å². The molecule has 1 heterocycles. The number of nitrogens with zero attached hydrogens (tertiary/aromatic N) is 1. The summed E-state index contributed by atoms with van der Waals surface area (Å²) in [7, 11) is 1.52. The highest BCUT2D eigenvalue weighted by Crippen LogP contribution is 2.21. The van der Waals surface area contributed by atoms with Crippen molar-refractivity contribution in [3.8, 4) is 5.75 Å². The molecule has 2 amide bonds. The molecule has 0 aromatic heterocycles. The SMILES string of the molecule is COc1ccc(C(=O)COC(=O)CNC(=O)c2ccc(N3CCCC3=O)cc2)cc1. The van der Waals surface area contributed by atoms with E-state index >= 15 is 0 Å². The molecule has 2 aromatic rings. The van der Waals surface area contributed by atoms with Crippen LogP contribution in [0.3, 0.4) is 0 Å². The summed E-state index contributed by atoms with van der Waals surface area (Å²) in [4.78, 5) is 49.5. The summed E-state index contributed by atoms with van der Waals surface area (Å²) in [6.45, 7) is -0.105. The van der Waals surface area contributed by atoms with Crippen molar-refractivity contribution < 1.29 is 28.7 Å². The number of hydrogen-bond acceptors (Lipinski definition) is 6. The van der Waals surface area contributed by atoms with Crippen LogP contribution in [0.4, 0.5) is 5.69 Å². The minimum Gasteiger partial charge on any atom is -0.497 e. The standard InChI is InChI=1S/C22H22N2O6/c1-29-18-10-6-15(7-11-18)19(25)14-30-21(27)13-23-22(28)16-4-8-17(9-5-16)24-12-2-3-20(24)26/h4-11H,2-3,12-14H2,1H3,(H,23,28). The van der Waals surface area contributed by atoms with Gasteiger partial charge in [-0.2, -0.15) is 0 Å². The number of nitrogens with one attached hydrogen (secondary N) is 1. The molecular formula is C22H22N2O6. The number of Topliss-reactive ketones (excluding diaryl/α,β-unsaturated/α-hetero) is 1. The van der Waals surface area contributed by atoms with Crippen LogP contribution in [0.5, 0.6) is 5.75 Å². The van der Waals surface area contributed by atoms with Crippen LogP contribution in [0.25, 0.3) is 0 Å². The van der Waals surface area contributed by atoms with Crippen LogP contribution < -0.4 is 15.0 Å². The zero-order valence-corrected chi connectivity index (χ0v) is 16.6. The van der Waals surface area contributed by atoms with E-state index in [0.29, 0.717) is 29.8 Å². The van der Waals surface area contributed by atoms with Gasteiger partial charge in [-0.15, -0.1) is 0 Å². The fraction of sp³-hybridized carbons (Fsp3) is 0.273. The molecule has 8 heteroatoms. The molecule has 0 spiro atoms. The first-order valence-electron chi connectivity index (χ1n) is 9.49. The molecule has 2 aromatic carbocycles. The van der Waals surface area contributed by atoms with Crippen molar-refractivity contribution in [3.63, 3.8) is 0 Å². The van der Waals surface area contributed by atoms with Gasteiger partial charge in [-0.25, -0.2) is 0 Å². The Hall–Kier alpha value is -3.68. The summed E-state index contributed by atoms with van der Waals surface area (Å²) in [5, 5.41) is 2.45. The fourth-order valence-electron chi connectivity index (χ4n) is 3.03. The van der Waals surface area contributed by atoms with Gasteiger partial charge in [0.2, 0.25) is 5.91 Å². The van der Waals surface area contributed by atoms with Gasteiger partial charge in [-0.05, 0) is 55.0 Å². The first-order valence-corrected chi connectivity index (χ1v) is 9.49. The maximum Gasteiger partial charge on any atom is 0.325 e. The van der Waals surface area contributed by atoms with Crippen molar-refractivity contribution in [2.45, 2.75) is 12.8 Å². The number of benzene rings is 2. The Labute approximate surface area is 173 Å². The lowest BCUT2D eigenvalue weighted by Gasteiger charge is -2.15. The van der Waals surface area contributed by atoms with E-state index in [4.69, 9.17) is 9.47 Å². The predicted molar refractivity (Wildman–Crippen MR) is 109 cm³/mol. The molecule has 0 bridgehead atoms. The highest BCUT2D eigenvalue weighted by molar-refractivity contribution is 5.99. The number of rotatable bonds is 8. The average molecular weight is 410 g/mol. The first kappa shape index (κ1) is 21.0. The summed E-state index contributed by atoms with van der Waals surface area (Å²) in [6.07, 6.45) is 1.36. The Kier molecular flexibility index (Phi) is 6.79. The van der Waals surface area contributed by atoms with E-state index < -0.39 is 18.5 Å². The fourth-order valence-corrected chi connectivity index (χ4v) is 3.03. The van der Waals surface area contributed by atoms with Crippen LogP contribution >= 0.6 is 0 Å². The highest BCUT2D eigenvalue weighted by atomic mass is 16.5. The van der Waals surface area contributed by atoms with E-state index in [-0.39, 0.29) is 18.2 Å². The molecule has 1 N–H and O–H groups in total. The van der Waals surface area contributed by atoms with Gasteiger partial charge in [0.15, 0.2) is 12.4 Å². The quantitative estimate of drug-likeness (QED) is 0.527. The Morgan fingerprint density at radius 1 is 1.00 bits per heavy atom. The van der Waals surface area contributed by atoms with Crippen molar-refractivity contribution in [1.82, 2.24) is 5.32 Å². The normalized spacial score (nSPS) is 13.1. The van der Waals surface area contributed by atoms with Gasteiger partial charge in [-0.1, -0.05) is 0 Å². The minimum atomic E-state index is -0.718. The molecule has 3 rings (SSSR count). The minimum absolute atomic E-state index is 0.0686. The second-order valence-electron chi connectivity index (χ2n) is 6.69. The summed E-state index contributed by atoms with van der Waals surface area (Å²) >= 11 is 0. The highest BCUT2D eigenvalue weighted by Gasteiger charge is 2.21. The van der Waals surface area contributed by atoms with E-state index in [2.05, 4.69) is 5.32 Å². The number of ether oxygens (including phenoxy) is 2. The number of methoxy groups -OCH3 is 1. The first-order chi connectivity index (χ1) is 14.5. The molecule has 1 aliphatic heterocycles. The molecule has 30 heavy (non-hydrogen) atoms. The predicted octanol–water partition coefficient (Wildman–Crippen LogP) is 1.98. The Bertz CT molecular complexity index is 937. The van der Waals surface area contributed by atoms with Gasteiger partial charge in [0, 0.05) is 29.8 Å². The average Bonchev–Trinajstić information content (AvgIpc) is 3.21. The largest absolute Gasteiger partial charge is 0.497 e. The summed E-state index contributed by atoms with van der Waals surface area (Å²) < 4.78 is 9.94. The molecule has 0 saturated carbocycles. The number of amides is 2. The van der Waals surface area contributed by atoms with Crippen LogP contribution in [0.1, 0.15) is 33.6 Å². The van der Waals surface area contributed by atoms with Crippen molar-refractivity contribution in [1.29, 1.82) is 0 Å². The summed E-state index contributed by atoms with van der Waals surface area (Å²) in [6, 6.07) is 13.0. The van der Waals surface area contributed by atoms with Crippen LogP contribution in [0, 0.1) is 0 Å². The van der Waals surface area contributed by atoms with Gasteiger partial charge in [0.25, 0.3) is 5.91 Å². The van der Waals surface area contributed by atoms with Crippen LogP contribution in [-0.2, 0) is 14.3 Å². The number of esters is 1. The number of carbonyl (C=O) groups excluding carboxylic acids is 4. The molecule has 1 fully saturated rings. The molecule has 1 aliphatic rings. The van der Waals surface area contributed by atoms with Crippen molar-refractivity contribution >= 4 is 29.3 Å². The van der Waals surface area contributed by atoms with Gasteiger partial charge in [0.05, 0.1) is 7.11 Å². The van der Waals surface area contributed by atoms with E-state index in [0.717, 1.165) is 12.1 Å². The molecule has 1 saturated heterocycles.